The number of halogens is 2. The zero-order valence-corrected chi connectivity index (χ0v) is 26.6. The number of nitrogens with zero attached hydrogens (tertiary/aromatic N) is 8. The van der Waals surface area contributed by atoms with Crippen LogP contribution in [-0.2, 0) is 11.3 Å². The molecule has 3 aromatic heterocycles. The predicted molar refractivity (Wildman–Crippen MR) is 179 cm³/mol. The molecule has 0 spiro atoms. The third-order valence-electron chi connectivity index (χ3n) is 9.62. The van der Waals surface area contributed by atoms with E-state index in [0.29, 0.717) is 42.3 Å². The largest absolute Gasteiger partial charge is 0.353 e. The zero-order valence-electron chi connectivity index (χ0n) is 25.8. The third kappa shape index (κ3) is 5.04. The van der Waals surface area contributed by atoms with Crippen molar-refractivity contribution in [1.29, 1.82) is 5.26 Å². The molecule has 2 aliphatic heterocycles. The number of pyridine rings is 2. The Morgan fingerprint density at radius 2 is 2.00 bits per heavy atom. The number of amides is 1. The Morgan fingerprint density at radius 1 is 1.20 bits per heavy atom. The fourth-order valence-electron chi connectivity index (χ4n) is 7.05. The van der Waals surface area contributed by atoms with E-state index >= 15 is 4.39 Å². The molecule has 0 bridgehead atoms. The molecule has 46 heavy (non-hydrogen) atoms. The first-order chi connectivity index (χ1) is 22.3. The van der Waals surface area contributed by atoms with E-state index in [0.717, 1.165) is 41.2 Å². The second-order valence-corrected chi connectivity index (χ2v) is 12.9. The first-order valence-corrected chi connectivity index (χ1v) is 15.9. The lowest BCUT2D eigenvalue weighted by Crippen LogP contribution is -2.57. The van der Waals surface area contributed by atoms with E-state index in [1.165, 1.54) is 6.08 Å². The molecule has 0 N–H and O–H groups in total. The van der Waals surface area contributed by atoms with Crippen LogP contribution in [0.4, 0.5) is 10.2 Å². The second-order valence-electron chi connectivity index (χ2n) is 12.5. The first-order valence-electron chi connectivity index (χ1n) is 15.5. The number of benzene rings is 2. The molecule has 0 saturated carbocycles. The molecule has 2 aliphatic rings. The molecule has 2 atom stereocenters. The number of anilines is 1. The highest BCUT2D eigenvalue weighted by Gasteiger charge is 2.34. The smallest absolute Gasteiger partial charge is 0.246 e. The van der Waals surface area contributed by atoms with Gasteiger partial charge in [0.25, 0.3) is 0 Å². The van der Waals surface area contributed by atoms with Gasteiger partial charge in [0.2, 0.25) is 5.91 Å². The fraction of sp³-hybridized carbons (Fsp3) is 0.343. The molecule has 7 rings (SSSR count). The molecule has 0 aliphatic carbocycles. The number of rotatable bonds is 7. The van der Waals surface area contributed by atoms with Crippen LogP contribution in [-0.4, -0.2) is 81.3 Å². The number of nitriles is 1. The van der Waals surface area contributed by atoms with Crippen molar-refractivity contribution in [2.45, 2.75) is 37.9 Å². The Bertz CT molecular complexity index is 2040. The maximum Gasteiger partial charge on any atom is 0.246 e. The highest BCUT2D eigenvalue weighted by molar-refractivity contribution is 6.35. The summed E-state index contributed by atoms with van der Waals surface area (Å²) in [5, 5.41) is 17.7. The normalized spacial score (nSPS) is 18.8. The van der Waals surface area contributed by atoms with Gasteiger partial charge in [-0.15, -0.1) is 0 Å². The summed E-state index contributed by atoms with van der Waals surface area (Å²) in [5.41, 5.74) is 1.90. The van der Waals surface area contributed by atoms with Crippen molar-refractivity contribution in [2.75, 3.05) is 38.6 Å². The number of aromatic nitrogens is 4. The number of hydrogen-bond donors (Lipinski definition) is 0. The molecular formula is C35H34ClFN8O. The van der Waals surface area contributed by atoms with Crippen molar-refractivity contribution in [3.8, 4) is 17.2 Å². The number of hydrogen-bond acceptors (Lipinski definition) is 7. The summed E-state index contributed by atoms with van der Waals surface area (Å²) in [5.74, 6) is 0.207. The highest BCUT2D eigenvalue weighted by Crippen LogP contribution is 2.42. The molecule has 1 unspecified atom stereocenters. The van der Waals surface area contributed by atoms with Gasteiger partial charge in [-0.3, -0.25) is 14.5 Å². The van der Waals surface area contributed by atoms with Crippen molar-refractivity contribution in [1.82, 2.24) is 29.5 Å². The number of carbonyl (C=O) groups excluding carboxylic acids is 1. The van der Waals surface area contributed by atoms with Gasteiger partial charge >= 0.3 is 0 Å². The van der Waals surface area contributed by atoms with Gasteiger partial charge in [-0.25, -0.2) is 9.37 Å². The molecule has 9 nitrogen and oxygen atoms in total. The molecule has 1 amide bonds. The lowest BCUT2D eigenvalue weighted by molar-refractivity contribution is -0.130. The van der Waals surface area contributed by atoms with Crippen molar-refractivity contribution in [3.05, 3.63) is 72.4 Å². The lowest BCUT2D eigenvalue weighted by Gasteiger charge is -2.43. The van der Waals surface area contributed by atoms with Crippen molar-refractivity contribution < 1.29 is 9.18 Å². The van der Waals surface area contributed by atoms with Crippen LogP contribution < -0.4 is 4.90 Å². The summed E-state index contributed by atoms with van der Waals surface area (Å²) in [6.07, 6.45) is 8.20. The maximum atomic E-state index is 16.9. The summed E-state index contributed by atoms with van der Waals surface area (Å²) in [7, 11) is 4.12. The Morgan fingerprint density at radius 3 is 2.76 bits per heavy atom. The van der Waals surface area contributed by atoms with Crippen molar-refractivity contribution >= 4 is 55.9 Å². The van der Waals surface area contributed by atoms with Gasteiger partial charge < -0.3 is 14.7 Å². The zero-order chi connectivity index (χ0) is 32.1. The quantitative estimate of drug-likeness (QED) is 0.201. The fourth-order valence-corrected chi connectivity index (χ4v) is 7.34. The van der Waals surface area contributed by atoms with Gasteiger partial charge in [-0.2, -0.15) is 10.4 Å². The summed E-state index contributed by atoms with van der Waals surface area (Å²) >= 11 is 6.95. The average Bonchev–Trinajstić information content (AvgIpc) is 3.44. The molecule has 2 saturated heterocycles. The van der Waals surface area contributed by atoms with Crippen LogP contribution in [0.25, 0.3) is 43.7 Å². The monoisotopic (exact) mass is 636 g/mol. The number of fused-ring (bicyclic) bond motifs is 4. The molecule has 5 heterocycles. The Hall–Kier alpha value is -4.59. The second kappa shape index (κ2) is 12.0. The summed E-state index contributed by atoms with van der Waals surface area (Å²) < 4.78 is 18.9. The van der Waals surface area contributed by atoms with Gasteiger partial charge in [0.15, 0.2) is 5.82 Å². The van der Waals surface area contributed by atoms with Crippen LogP contribution >= 0.6 is 11.6 Å². The molecule has 0 radical (unpaired) electrons. The van der Waals surface area contributed by atoms with Gasteiger partial charge in [0.05, 0.1) is 34.6 Å². The molecule has 2 aromatic carbocycles. The molecule has 2 fully saturated rings. The number of likely N-dealkylation sites (N-methyl/N-ethyl adjacent to an activating group) is 1. The summed E-state index contributed by atoms with van der Waals surface area (Å²) in [4.78, 5) is 27.9. The minimum Gasteiger partial charge on any atom is -0.353 e. The molecule has 5 aromatic rings. The Labute approximate surface area is 271 Å². The summed E-state index contributed by atoms with van der Waals surface area (Å²) in [6, 6.07) is 11.9. The van der Waals surface area contributed by atoms with E-state index < -0.39 is 5.82 Å². The minimum atomic E-state index is -0.494. The third-order valence-corrected chi connectivity index (χ3v) is 9.91. The van der Waals surface area contributed by atoms with Crippen molar-refractivity contribution in [2.24, 2.45) is 5.92 Å². The predicted octanol–water partition coefficient (Wildman–Crippen LogP) is 6.05. The molecular weight excluding hydrogens is 603 g/mol. The average molecular weight is 637 g/mol. The standard InChI is InChI=1S/C35H34ClFN8O/c1-4-30(46)44-12-10-21(13-23(44)9-11-38)18-45-34-26-14-29(36)31(27-16-39-15-22-7-5-6-8-25(22)27)32(37)33(26)41-35(28(34)17-40-45)43-19-24(20-43)42(2)3/h4-8,14-17,21,23-24H,1,9-10,12-13,18-20H2,2-3H3/t21?,23-/m1/s1. The van der Waals surface area contributed by atoms with Crippen LogP contribution in [0.2, 0.25) is 5.02 Å². The van der Waals surface area contributed by atoms with E-state index in [2.05, 4.69) is 41.5 Å². The number of carbonyl (C=O) groups is 1. The maximum absolute atomic E-state index is 16.9. The highest BCUT2D eigenvalue weighted by atomic mass is 35.5. The lowest BCUT2D eigenvalue weighted by atomic mass is 9.89. The summed E-state index contributed by atoms with van der Waals surface area (Å²) in [6.45, 7) is 6.26. The van der Waals surface area contributed by atoms with E-state index in [-0.39, 0.29) is 40.4 Å². The topological polar surface area (TPSA) is 94.2 Å². The Kier molecular flexibility index (Phi) is 7.83. The molecule has 234 valence electrons. The van der Waals surface area contributed by atoms with Crippen LogP contribution in [0, 0.1) is 23.1 Å². The van der Waals surface area contributed by atoms with E-state index in [9.17, 15) is 10.1 Å². The van der Waals surface area contributed by atoms with Gasteiger partial charge in [-0.05, 0) is 50.4 Å². The number of piperidine rings is 1. The number of likely N-dealkylation sites (tertiary alicyclic amines) is 1. The van der Waals surface area contributed by atoms with Gasteiger partial charge in [0.1, 0.15) is 11.3 Å². The SMILES string of the molecule is C=CC(=O)N1CCC(Cn2ncc3c(N4CC(N(C)C)C4)nc4c(F)c(-c5cncc6ccccc56)c(Cl)cc4c32)C[C@H]1CC#N. The molecule has 11 heteroatoms. The van der Waals surface area contributed by atoms with E-state index in [4.69, 9.17) is 21.7 Å². The van der Waals surface area contributed by atoms with Crippen LogP contribution in [0.5, 0.6) is 0 Å². The Balaban J connectivity index is 1.36. The van der Waals surface area contributed by atoms with E-state index in [1.54, 1.807) is 23.4 Å². The van der Waals surface area contributed by atoms with Crippen LogP contribution in [0.1, 0.15) is 19.3 Å². The van der Waals surface area contributed by atoms with Gasteiger partial charge in [0, 0.05) is 72.6 Å². The van der Waals surface area contributed by atoms with Gasteiger partial charge in [-0.1, -0.05) is 42.4 Å². The van der Waals surface area contributed by atoms with E-state index in [1.807, 2.05) is 35.1 Å². The minimum absolute atomic E-state index is 0.155. The first kappa shape index (κ1) is 30.1. The van der Waals surface area contributed by atoms with Crippen LogP contribution in [0.15, 0.2) is 61.6 Å². The van der Waals surface area contributed by atoms with Crippen LogP contribution in [0.3, 0.4) is 0 Å². The van der Waals surface area contributed by atoms with Crippen molar-refractivity contribution in [3.63, 3.8) is 0 Å².